The van der Waals surface area contributed by atoms with Crippen molar-refractivity contribution in [2.75, 3.05) is 13.1 Å². The molecule has 0 aromatic heterocycles. The highest BCUT2D eigenvalue weighted by atomic mass is 79.9. The van der Waals surface area contributed by atoms with Gasteiger partial charge in [-0.2, -0.15) is 0 Å². The molecule has 3 heteroatoms. The molecule has 0 aliphatic heterocycles. The molecule has 0 aliphatic carbocycles. The van der Waals surface area contributed by atoms with Crippen molar-refractivity contribution in [2.24, 2.45) is 17.8 Å². The minimum atomic E-state index is -0.192. The van der Waals surface area contributed by atoms with Crippen molar-refractivity contribution in [3.05, 3.63) is 34.1 Å². The largest absolute Gasteiger partial charge is 0.316 e. The summed E-state index contributed by atoms with van der Waals surface area (Å²) in [7, 11) is 0. The number of hydrogen-bond donors (Lipinski definition) is 1. The van der Waals surface area contributed by atoms with E-state index in [-0.39, 0.29) is 5.82 Å². The highest BCUT2D eigenvalue weighted by Gasteiger charge is 2.14. The molecular weight excluding hydrogens is 305 g/mol. The minimum absolute atomic E-state index is 0.192. The van der Waals surface area contributed by atoms with E-state index in [0.717, 1.165) is 19.5 Å². The number of benzene rings is 1. The Morgan fingerprint density at radius 2 is 1.84 bits per heavy atom. The fraction of sp³-hybridized carbons (Fsp3) is 0.625. The first-order chi connectivity index (χ1) is 8.90. The lowest BCUT2D eigenvalue weighted by atomic mass is 9.89. The van der Waals surface area contributed by atoms with Gasteiger partial charge in [-0.05, 0) is 70.9 Å². The maximum Gasteiger partial charge on any atom is 0.137 e. The van der Waals surface area contributed by atoms with Crippen molar-refractivity contribution >= 4 is 15.9 Å². The summed E-state index contributed by atoms with van der Waals surface area (Å²) in [4.78, 5) is 0. The van der Waals surface area contributed by atoms with Crippen LogP contribution in [-0.4, -0.2) is 13.1 Å². The zero-order valence-corrected chi connectivity index (χ0v) is 13.9. The van der Waals surface area contributed by atoms with Gasteiger partial charge in [-0.3, -0.25) is 0 Å². The van der Waals surface area contributed by atoms with Gasteiger partial charge in [0, 0.05) is 0 Å². The lowest BCUT2D eigenvalue weighted by molar-refractivity contribution is 0.352. The normalized spacial score (nSPS) is 13.3. The summed E-state index contributed by atoms with van der Waals surface area (Å²) in [6.45, 7) is 11.0. The number of rotatable bonds is 7. The topological polar surface area (TPSA) is 12.0 Å². The second-order valence-electron chi connectivity index (χ2n) is 6.01. The van der Waals surface area contributed by atoms with Crippen LogP contribution in [0.2, 0.25) is 0 Å². The smallest absolute Gasteiger partial charge is 0.137 e. The Labute approximate surface area is 125 Å². The van der Waals surface area contributed by atoms with Gasteiger partial charge in [-0.25, -0.2) is 4.39 Å². The van der Waals surface area contributed by atoms with Crippen LogP contribution in [-0.2, 0) is 6.42 Å². The Kier molecular flexibility index (Phi) is 7.01. The predicted molar refractivity (Wildman–Crippen MR) is 83.8 cm³/mol. The molecule has 0 aliphatic rings. The zero-order chi connectivity index (χ0) is 14.4. The summed E-state index contributed by atoms with van der Waals surface area (Å²) in [5, 5.41) is 3.53. The summed E-state index contributed by atoms with van der Waals surface area (Å²) in [5.41, 5.74) is 1.19. The third-order valence-electron chi connectivity index (χ3n) is 3.38. The van der Waals surface area contributed by atoms with Crippen molar-refractivity contribution in [1.82, 2.24) is 5.32 Å². The van der Waals surface area contributed by atoms with E-state index < -0.39 is 0 Å². The fourth-order valence-corrected chi connectivity index (χ4v) is 2.50. The number of halogens is 2. The standard InChI is InChI=1S/C16H25BrFN/c1-11(2)9-19-10-14(12(3)4)7-13-5-6-16(18)15(17)8-13/h5-6,8,11-12,14,19H,7,9-10H2,1-4H3. The molecule has 1 aromatic carbocycles. The van der Waals surface area contributed by atoms with Gasteiger partial charge in [0.2, 0.25) is 0 Å². The molecule has 1 nitrogen and oxygen atoms in total. The molecule has 0 fully saturated rings. The first-order valence-electron chi connectivity index (χ1n) is 7.04. The maximum atomic E-state index is 13.2. The van der Waals surface area contributed by atoms with E-state index in [1.165, 1.54) is 5.56 Å². The molecule has 19 heavy (non-hydrogen) atoms. The highest BCUT2D eigenvalue weighted by molar-refractivity contribution is 9.10. The Morgan fingerprint density at radius 3 is 2.37 bits per heavy atom. The van der Waals surface area contributed by atoms with Gasteiger partial charge in [0.05, 0.1) is 4.47 Å². The monoisotopic (exact) mass is 329 g/mol. The SMILES string of the molecule is CC(C)CNCC(Cc1ccc(F)c(Br)c1)C(C)C. The summed E-state index contributed by atoms with van der Waals surface area (Å²) in [6.07, 6.45) is 0.988. The molecule has 0 saturated carbocycles. The van der Waals surface area contributed by atoms with Gasteiger partial charge < -0.3 is 5.32 Å². The van der Waals surface area contributed by atoms with Crippen molar-refractivity contribution < 1.29 is 4.39 Å². The first kappa shape index (κ1) is 16.6. The van der Waals surface area contributed by atoms with Crippen LogP contribution in [0.15, 0.2) is 22.7 Å². The molecule has 0 spiro atoms. The van der Waals surface area contributed by atoms with Crippen LogP contribution in [0.25, 0.3) is 0 Å². The second-order valence-corrected chi connectivity index (χ2v) is 6.86. The number of hydrogen-bond acceptors (Lipinski definition) is 1. The van der Waals surface area contributed by atoms with Crippen LogP contribution < -0.4 is 5.32 Å². The minimum Gasteiger partial charge on any atom is -0.316 e. The fourth-order valence-electron chi connectivity index (χ4n) is 2.07. The molecule has 0 heterocycles. The van der Waals surface area contributed by atoms with Gasteiger partial charge in [-0.1, -0.05) is 33.8 Å². The van der Waals surface area contributed by atoms with Crippen molar-refractivity contribution in [3.8, 4) is 0 Å². The molecule has 0 saturated heterocycles. The average Bonchev–Trinajstić information content (AvgIpc) is 2.32. The van der Waals surface area contributed by atoms with Crippen molar-refractivity contribution in [2.45, 2.75) is 34.1 Å². The van der Waals surface area contributed by atoms with E-state index in [1.807, 2.05) is 12.1 Å². The second kappa shape index (κ2) is 8.01. The number of nitrogens with one attached hydrogen (secondary N) is 1. The average molecular weight is 330 g/mol. The lowest BCUT2D eigenvalue weighted by Crippen LogP contribution is -2.30. The Morgan fingerprint density at radius 1 is 1.16 bits per heavy atom. The van der Waals surface area contributed by atoms with Crippen LogP contribution in [0.4, 0.5) is 4.39 Å². The van der Waals surface area contributed by atoms with E-state index >= 15 is 0 Å². The van der Waals surface area contributed by atoms with E-state index in [1.54, 1.807) is 6.07 Å². The Bertz CT molecular complexity index is 390. The van der Waals surface area contributed by atoms with E-state index in [9.17, 15) is 4.39 Å². The maximum absolute atomic E-state index is 13.2. The van der Waals surface area contributed by atoms with Crippen LogP contribution in [0.1, 0.15) is 33.3 Å². The lowest BCUT2D eigenvalue weighted by Gasteiger charge is -2.22. The van der Waals surface area contributed by atoms with Crippen LogP contribution >= 0.6 is 15.9 Å². The molecular formula is C16H25BrFN. The van der Waals surface area contributed by atoms with Gasteiger partial charge in [0.25, 0.3) is 0 Å². The van der Waals surface area contributed by atoms with Gasteiger partial charge in [0.1, 0.15) is 5.82 Å². The van der Waals surface area contributed by atoms with Crippen molar-refractivity contribution in [3.63, 3.8) is 0 Å². The van der Waals surface area contributed by atoms with Crippen LogP contribution in [0.3, 0.4) is 0 Å². The predicted octanol–water partition coefficient (Wildman–Crippen LogP) is 4.65. The Hall–Kier alpha value is -0.410. The molecule has 0 radical (unpaired) electrons. The van der Waals surface area contributed by atoms with Gasteiger partial charge in [-0.15, -0.1) is 0 Å². The van der Waals surface area contributed by atoms with Crippen molar-refractivity contribution in [1.29, 1.82) is 0 Å². The molecule has 0 bridgehead atoms. The summed E-state index contributed by atoms with van der Waals surface area (Å²) < 4.78 is 13.8. The van der Waals surface area contributed by atoms with Crippen LogP contribution in [0, 0.1) is 23.6 Å². The highest BCUT2D eigenvalue weighted by Crippen LogP contribution is 2.21. The van der Waals surface area contributed by atoms with E-state index in [2.05, 4.69) is 48.9 Å². The molecule has 1 unspecified atom stereocenters. The summed E-state index contributed by atoms with van der Waals surface area (Å²) >= 11 is 3.25. The quantitative estimate of drug-likeness (QED) is 0.767. The molecule has 1 N–H and O–H groups in total. The molecule has 1 aromatic rings. The van der Waals surface area contributed by atoms with Crippen LogP contribution in [0.5, 0.6) is 0 Å². The molecule has 0 amide bonds. The van der Waals surface area contributed by atoms with E-state index in [0.29, 0.717) is 22.2 Å². The van der Waals surface area contributed by atoms with Gasteiger partial charge >= 0.3 is 0 Å². The zero-order valence-electron chi connectivity index (χ0n) is 12.3. The third kappa shape index (κ3) is 6.05. The molecule has 1 rings (SSSR count). The summed E-state index contributed by atoms with van der Waals surface area (Å²) in [6, 6.07) is 5.32. The Balaban J connectivity index is 2.59. The molecule has 1 atom stereocenters. The first-order valence-corrected chi connectivity index (χ1v) is 7.84. The van der Waals surface area contributed by atoms with E-state index in [4.69, 9.17) is 0 Å². The molecule has 108 valence electrons. The van der Waals surface area contributed by atoms with Gasteiger partial charge in [0.15, 0.2) is 0 Å². The third-order valence-corrected chi connectivity index (χ3v) is 3.99. The summed E-state index contributed by atoms with van der Waals surface area (Å²) in [5.74, 6) is 1.68.